The molecule has 1 amide bonds. The number of hydrogen-bond donors (Lipinski definition) is 2. The minimum Gasteiger partial charge on any atom is -0.507 e. The molecule has 0 aliphatic heterocycles. The average molecular weight is 258 g/mol. The Morgan fingerprint density at radius 1 is 1.37 bits per heavy atom. The summed E-state index contributed by atoms with van der Waals surface area (Å²) in [5.74, 6) is 0.105. The molecule has 5 heteroatoms. The van der Waals surface area contributed by atoms with Gasteiger partial charge in [0.25, 0.3) is 0 Å². The van der Waals surface area contributed by atoms with Gasteiger partial charge >= 0.3 is 6.09 Å². The molecule has 2 rings (SSSR count). The fourth-order valence-electron chi connectivity index (χ4n) is 1.73. The smallest absolute Gasteiger partial charge is 0.427 e. The second kappa shape index (κ2) is 5.86. The van der Waals surface area contributed by atoms with E-state index in [2.05, 4.69) is 15.3 Å². The fraction of sp³-hybridized carbons (Fsp3) is 0.143. The molecule has 0 bridgehead atoms. The summed E-state index contributed by atoms with van der Waals surface area (Å²) in [5, 5.41) is 15.4. The molecular formula is C14H14N2O3. The predicted octanol–water partition coefficient (Wildman–Crippen LogP) is 2.63. The van der Waals surface area contributed by atoms with Crippen LogP contribution in [0.1, 0.15) is 12.5 Å². The van der Waals surface area contributed by atoms with E-state index in [0.717, 1.165) is 10.8 Å². The molecule has 98 valence electrons. The lowest BCUT2D eigenvalue weighted by Crippen LogP contribution is -2.18. The van der Waals surface area contributed by atoms with Crippen molar-refractivity contribution in [2.75, 3.05) is 6.61 Å². The van der Waals surface area contributed by atoms with Crippen LogP contribution in [0.3, 0.4) is 0 Å². The second-order valence-corrected chi connectivity index (χ2v) is 3.81. The maximum atomic E-state index is 11.1. The first kappa shape index (κ1) is 12.9. The minimum absolute atomic E-state index is 0.105. The van der Waals surface area contributed by atoms with Crippen molar-refractivity contribution in [2.45, 2.75) is 6.92 Å². The van der Waals surface area contributed by atoms with Crippen LogP contribution < -0.4 is 5.43 Å². The number of nitrogens with zero attached hydrogens (tertiary/aromatic N) is 1. The van der Waals surface area contributed by atoms with Crippen molar-refractivity contribution in [3.8, 4) is 5.75 Å². The summed E-state index contributed by atoms with van der Waals surface area (Å²) in [4.78, 5) is 11.1. The molecule has 2 aromatic rings. The number of fused-ring (bicyclic) bond motifs is 1. The highest BCUT2D eigenvalue weighted by Crippen LogP contribution is 2.25. The third-order valence-corrected chi connectivity index (χ3v) is 2.57. The van der Waals surface area contributed by atoms with Crippen molar-refractivity contribution in [1.82, 2.24) is 5.43 Å². The zero-order valence-electron chi connectivity index (χ0n) is 10.5. The van der Waals surface area contributed by atoms with Gasteiger partial charge in [0.15, 0.2) is 0 Å². The maximum absolute atomic E-state index is 11.1. The highest BCUT2D eigenvalue weighted by Gasteiger charge is 2.04. The zero-order valence-corrected chi connectivity index (χ0v) is 10.5. The molecule has 0 saturated heterocycles. The number of benzene rings is 2. The molecule has 0 atom stereocenters. The molecule has 0 saturated carbocycles. The van der Waals surface area contributed by atoms with E-state index in [1.807, 2.05) is 30.3 Å². The van der Waals surface area contributed by atoms with Crippen LogP contribution in [0.15, 0.2) is 41.5 Å². The van der Waals surface area contributed by atoms with Crippen LogP contribution in [0.25, 0.3) is 10.8 Å². The normalized spacial score (nSPS) is 10.8. The third kappa shape index (κ3) is 3.01. The fourth-order valence-corrected chi connectivity index (χ4v) is 1.73. The number of aromatic hydroxyl groups is 1. The molecule has 2 aromatic carbocycles. The Bertz CT molecular complexity index is 623. The van der Waals surface area contributed by atoms with Crippen LogP contribution in [0.5, 0.6) is 5.75 Å². The van der Waals surface area contributed by atoms with Gasteiger partial charge in [0, 0.05) is 5.56 Å². The first-order chi connectivity index (χ1) is 9.22. The van der Waals surface area contributed by atoms with Gasteiger partial charge in [0.05, 0.1) is 12.8 Å². The first-order valence-electron chi connectivity index (χ1n) is 5.89. The summed E-state index contributed by atoms with van der Waals surface area (Å²) in [7, 11) is 0. The van der Waals surface area contributed by atoms with Crippen LogP contribution in [-0.4, -0.2) is 24.0 Å². The zero-order chi connectivity index (χ0) is 13.7. The Hall–Kier alpha value is -2.56. The van der Waals surface area contributed by atoms with Crippen molar-refractivity contribution >= 4 is 23.1 Å². The second-order valence-electron chi connectivity index (χ2n) is 3.81. The van der Waals surface area contributed by atoms with Crippen molar-refractivity contribution in [2.24, 2.45) is 5.10 Å². The van der Waals surface area contributed by atoms with Gasteiger partial charge in [-0.15, -0.1) is 0 Å². The number of amides is 1. The summed E-state index contributed by atoms with van der Waals surface area (Å²) in [6, 6.07) is 11.0. The largest absolute Gasteiger partial charge is 0.507 e. The number of rotatable bonds is 3. The van der Waals surface area contributed by atoms with Crippen molar-refractivity contribution in [3.63, 3.8) is 0 Å². The number of nitrogens with one attached hydrogen (secondary N) is 1. The van der Waals surface area contributed by atoms with E-state index in [-0.39, 0.29) is 12.4 Å². The van der Waals surface area contributed by atoms with Crippen molar-refractivity contribution in [1.29, 1.82) is 0 Å². The SMILES string of the molecule is CCOC(=O)N/N=C\c1c(O)ccc2ccccc12. The van der Waals surface area contributed by atoms with Crippen LogP contribution in [0, 0.1) is 0 Å². The summed E-state index contributed by atoms with van der Waals surface area (Å²) in [5.41, 5.74) is 2.77. The number of carbonyl (C=O) groups excluding carboxylic acids is 1. The number of carbonyl (C=O) groups is 1. The minimum atomic E-state index is -0.626. The van der Waals surface area contributed by atoms with Gasteiger partial charge in [-0.25, -0.2) is 10.2 Å². The lowest BCUT2D eigenvalue weighted by atomic mass is 10.0. The van der Waals surface area contributed by atoms with Gasteiger partial charge < -0.3 is 9.84 Å². The van der Waals surface area contributed by atoms with E-state index >= 15 is 0 Å². The van der Waals surface area contributed by atoms with Crippen molar-refractivity contribution in [3.05, 3.63) is 42.0 Å². The topological polar surface area (TPSA) is 70.9 Å². The highest BCUT2D eigenvalue weighted by molar-refractivity contribution is 6.02. The number of phenolic OH excluding ortho intramolecular Hbond substituents is 1. The molecule has 0 unspecified atom stereocenters. The maximum Gasteiger partial charge on any atom is 0.427 e. The average Bonchev–Trinajstić information content (AvgIpc) is 2.41. The van der Waals surface area contributed by atoms with Crippen molar-refractivity contribution < 1.29 is 14.6 Å². The molecule has 0 aliphatic rings. The summed E-state index contributed by atoms with van der Waals surface area (Å²) >= 11 is 0. The molecule has 0 radical (unpaired) electrons. The van der Waals surface area contributed by atoms with Gasteiger partial charge in [-0.1, -0.05) is 30.3 Å². The molecule has 0 fully saturated rings. The monoisotopic (exact) mass is 258 g/mol. The molecule has 5 nitrogen and oxygen atoms in total. The molecule has 0 spiro atoms. The molecular weight excluding hydrogens is 244 g/mol. The summed E-state index contributed by atoms with van der Waals surface area (Å²) < 4.78 is 4.67. The lowest BCUT2D eigenvalue weighted by Gasteiger charge is -2.04. The van der Waals surface area contributed by atoms with Gasteiger partial charge in [0.1, 0.15) is 5.75 Å². The summed E-state index contributed by atoms with van der Waals surface area (Å²) in [6.07, 6.45) is 0.771. The molecule has 19 heavy (non-hydrogen) atoms. The molecule has 2 N–H and O–H groups in total. The molecule has 0 aromatic heterocycles. The highest BCUT2D eigenvalue weighted by atomic mass is 16.5. The Labute approximate surface area is 110 Å². The Morgan fingerprint density at radius 2 is 2.16 bits per heavy atom. The standard InChI is InChI=1S/C14H14N2O3/c1-2-19-14(18)16-15-9-12-11-6-4-3-5-10(11)7-8-13(12)17/h3-9,17H,2H2,1H3,(H,16,18)/b15-9-. The van der Waals surface area contributed by atoms with E-state index < -0.39 is 6.09 Å². The quantitative estimate of drug-likeness (QED) is 0.656. The number of phenols is 1. The van der Waals surface area contributed by atoms with Crippen LogP contribution in [0.4, 0.5) is 4.79 Å². The number of hydrazone groups is 1. The Morgan fingerprint density at radius 3 is 2.95 bits per heavy atom. The third-order valence-electron chi connectivity index (χ3n) is 2.57. The van der Waals surface area contributed by atoms with Gasteiger partial charge in [-0.3, -0.25) is 0 Å². The van der Waals surface area contributed by atoms with Crippen LogP contribution in [0.2, 0.25) is 0 Å². The van der Waals surface area contributed by atoms with E-state index in [0.29, 0.717) is 5.56 Å². The van der Waals surface area contributed by atoms with Gasteiger partial charge in [-0.2, -0.15) is 5.10 Å². The van der Waals surface area contributed by atoms with Gasteiger partial charge in [-0.05, 0) is 23.8 Å². The first-order valence-corrected chi connectivity index (χ1v) is 5.89. The number of hydrogen-bond acceptors (Lipinski definition) is 4. The Kier molecular flexibility index (Phi) is 3.97. The Balaban J connectivity index is 2.27. The van der Waals surface area contributed by atoms with Crippen LogP contribution in [-0.2, 0) is 4.74 Å². The van der Waals surface area contributed by atoms with E-state index in [9.17, 15) is 9.90 Å². The van der Waals surface area contributed by atoms with E-state index in [1.54, 1.807) is 13.0 Å². The molecule has 0 heterocycles. The summed E-state index contributed by atoms with van der Waals surface area (Å²) in [6.45, 7) is 1.99. The lowest BCUT2D eigenvalue weighted by molar-refractivity contribution is 0.152. The van der Waals surface area contributed by atoms with E-state index in [4.69, 9.17) is 0 Å². The number of ether oxygens (including phenoxy) is 1. The van der Waals surface area contributed by atoms with Gasteiger partial charge in [0.2, 0.25) is 0 Å². The van der Waals surface area contributed by atoms with E-state index in [1.165, 1.54) is 6.21 Å². The molecule has 0 aliphatic carbocycles. The predicted molar refractivity (Wildman–Crippen MR) is 73.4 cm³/mol. The van der Waals surface area contributed by atoms with Crippen LogP contribution >= 0.6 is 0 Å².